The number of hydrogen-bond acceptors (Lipinski definition) is 4. The van der Waals surface area contributed by atoms with Gasteiger partial charge in [0.2, 0.25) is 0 Å². The molecule has 1 heterocycles. The van der Waals surface area contributed by atoms with Crippen molar-refractivity contribution in [2.24, 2.45) is 0 Å². The van der Waals surface area contributed by atoms with E-state index in [4.69, 9.17) is 5.11 Å². The summed E-state index contributed by atoms with van der Waals surface area (Å²) in [4.78, 5) is 0. The van der Waals surface area contributed by atoms with Crippen LogP contribution < -0.4 is 5.32 Å². The van der Waals surface area contributed by atoms with Crippen LogP contribution in [0.25, 0.3) is 0 Å². The van der Waals surface area contributed by atoms with Crippen molar-refractivity contribution >= 4 is 12.8 Å². The van der Waals surface area contributed by atoms with Crippen LogP contribution in [0.2, 0.25) is 0 Å². The molecule has 0 saturated carbocycles. The van der Waals surface area contributed by atoms with Gasteiger partial charge in [0.15, 0.2) is 0 Å². The van der Waals surface area contributed by atoms with E-state index in [1.165, 1.54) is 0 Å². The van der Waals surface area contributed by atoms with Crippen molar-refractivity contribution in [3.63, 3.8) is 0 Å². The lowest BCUT2D eigenvalue weighted by molar-refractivity contribution is 0.220. The molecular weight excluding hydrogens is 172 g/mol. The van der Waals surface area contributed by atoms with Gasteiger partial charge in [0.05, 0.1) is 6.61 Å². The predicted octanol–water partition coefficient (Wildman–Crippen LogP) is 0.266. The summed E-state index contributed by atoms with van der Waals surface area (Å²) >= 11 is 4.27. The second-order valence-electron chi connectivity index (χ2n) is 3.48. The molecule has 1 saturated heterocycles. The second kappa shape index (κ2) is 5.07. The number of thiol groups is 1. The Bertz CT molecular complexity index is 126. The number of nitrogens with one attached hydrogen (secondary N) is 1. The first-order valence-corrected chi connectivity index (χ1v) is 4.93. The summed E-state index contributed by atoms with van der Waals surface area (Å²) < 4.78 is 2.04. The molecule has 72 valence electrons. The number of nitrogens with zero attached hydrogens (tertiary/aromatic N) is 1. The number of aliphatic hydroxyl groups is 1. The smallest absolute Gasteiger partial charge is 0.0582 e. The van der Waals surface area contributed by atoms with Crippen LogP contribution in [0.5, 0.6) is 0 Å². The quantitative estimate of drug-likeness (QED) is 0.559. The Morgan fingerprint density at radius 2 is 2.17 bits per heavy atom. The number of rotatable bonds is 3. The lowest BCUT2D eigenvalue weighted by Gasteiger charge is -2.30. The largest absolute Gasteiger partial charge is 0.395 e. The van der Waals surface area contributed by atoms with Crippen molar-refractivity contribution in [1.29, 1.82) is 0 Å². The van der Waals surface area contributed by atoms with E-state index in [9.17, 15) is 0 Å². The predicted molar refractivity (Wildman–Crippen MR) is 53.3 cm³/mol. The van der Waals surface area contributed by atoms with Gasteiger partial charge in [-0.25, -0.2) is 0 Å². The second-order valence-corrected chi connectivity index (χ2v) is 4.04. The maximum Gasteiger partial charge on any atom is 0.0582 e. The molecule has 12 heavy (non-hydrogen) atoms. The standard InChI is InChI=1S/C8H18N2OS/c1-7(6-11)9-8-2-4-10(12)5-3-8/h7-9,11-12H,2-6H2,1H3. The van der Waals surface area contributed by atoms with Gasteiger partial charge in [-0.05, 0) is 19.8 Å². The summed E-state index contributed by atoms with van der Waals surface area (Å²) in [7, 11) is 0. The molecule has 0 bridgehead atoms. The van der Waals surface area contributed by atoms with E-state index in [1.54, 1.807) is 0 Å². The van der Waals surface area contributed by atoms with E-state index in [0.717, 1.165) is 25.9 Å². The van der Waals surface area contributed by atoms with Gasteiger partial charge in [0.1, 0.15) is 0 Å². The fraction of sp³-hybridized carbons (Fsp3) is 1.00. The van der Waals surface area contributed by atoms with Gasteiger partial charge in [0.25, 0.3) is 0 Å². The van der Waals surface area contributed by atoms with Crippen molar-refractivity contribution in [3.8, 4) is 0 Å². The SMILES string of the molecule is CC(CO)NC1CCN(S)CC1. The van der Waals surface area contributed by atoms with Crippen LogP contribution in [0.3, 0.4) is 0 Å². The Hall–Kier alpha value is 0.230. The highest BCUT2D eigenvalue weighted by Gasteiger charge is 2.17. The third-order valence-electron chi connectivity index (χ3n) is 2.27. The molecule has 0 amide bonds. The summed E-state index contributed by atoms with van der Waals surface area (Å²) in [5, 5.41) is 12.2. The summed E-state index contributed by atoms with van der Waals surface area (Å²) in [5.41, 5.74) is 0. The summed E-state index contributed by atoms with van der Waals surface area (Å²) in [5.74, 6) is 0. The van der Waals surface area contributed by atoms with Gasteiger partial charge >= 0.3 is 0 Å². The minimum Gasteiger partial charge on any atom is -0.395 e. The minimum absolute atomic E-state index is 0.223. The van der Waals surface area contributed by atoms with Crippen molar-refractivity contribution in [1.82, 2.24) is 9.62 Å². The Kier molecular flexibility index (Phi) is 4.35. The van der Waals surface area contributed by atoms with Crippen LogP contribution in [0.1, 0.15) is 19.8 Å². The minimum atomic E-state index is 0.223. The molecule has 1 unspecified atom stereocenters. The number of hydrogen-bond donors (Lipinski definition) is 3. The zero-order chi connectivity index (χ0) is 8.97. The summed E-state index contributed by atoms with van der Waals surface area (Å²) in [6, 6.07) is 0.789. The van der Waals surface area contributed by atoms with Crippen molar-refractivity contribution in [3.05, 3.63) is 0 Å². The molecule has 4 heteroatoms. The molecule has 0 radical (unpaired) electrons. The Morgan fingerprint density at radius 1 is 1.58 bits per heavy atom. The molecule has 0 spiro atoms. The highest BCUT2D eigenvalue weighted by atomic mass is 32.1. The topological polar surface area (TPSA) is 35.5 Å². The summed E-state index contributed by atoms with van der Waals surface area (Å²) in [6.45, 7) is 4.31. The Balaban J connectivity index is 2.17. The number of aliphatic hydroxyl groups excluding tert-OH is 1. The van der Waals surface area contributed by atoms with Crippen LogP contribution >= 0.6 is 12.8 Å². The van der Waals surface area contributed by atoms with Gasteiger partial charge in [-0.15, -0.1) is 0 Å². The Labute approximate surface area is 79.7 Å². The van der Waals surface area contributed by atoms with Gasteiger partial charge in [-0.3, -0.25) is 4.31 Å². The molecule has 1 aliphatic heterocycles. The highest BCUT2D eigenvalue weighted by Crippen LogP contribution is 2.11. The average molecular weight is 190 g/mol. The zero-order valence-electron chi connectivity index (χ0n) is 7.53. The Morgan fingerprint density at radius 3 is 2.67 bits per heavy atom. The van der Waals surface area contributed by atoms with Crippen LogP contribution in [-0.4, -0.2) is 41.2 Å². The van der Waals surface area contributed by atoms with E-state index in [0.29, 0.717) is 6.04 Å². The van der Waals surface area contributed by atoms with Crippen LogP contribution in [0.4, 0.5) is 0 Å². The van der Waals surface area contributed by atoms with Crippen molar-refractivity contribution in [2.75, 3.05) is 19.7 Å². The van der Waals surface area contributed by atoms with Gasteiger partial charge in [-0.2, -0.15) is 0 Å². The third kappa shape index (κ3) is 3.31. The monoisotopic (exact) mass is 190 g/mol. The van der Waals surface area contributed by atoms with E-state index >= 15 is 0 Å². The molecule has 0 aromatic carbocycles. The normalized spacial score (nSPS) is 24.2. The van der Waals surface area contributed by atoms with Crippen molar-refractivity contribution < 1.29 is 5.11 Å². The molecule has 0 aromatic rings. The summed E-state index contributed by atoms with van der Waals surface area (Å²) in [6.07, 6.45) is 2.27. The maximum atomic E-state index is 8.83. The van der Waals surface area contributed by atoms with Gasteiger partial charge < -0.3 is 10.4 Å². The van der Waals surface area contributed by atoms with Gasteiger partial charge in [0, 0.05) is 25.2 Å². The van der Waals surface area contributed by atoms with E-state index in [2.05, 4.69) is 18.1 Å². The first kappa shape index (κ1) is 10.3. The van der Waals surface area contributed by atoms with E-state index in [-0.39, 0.29) is 12.6 Å². The fourth-order valence-corrected chi connectivity index (χ4v) is 1.72. The molecule has 1 rings (SSSR count). The fourth-order valence-electron chi connectivity index (χ4n) is 1.49. The van der Waals surface area contributed by atoms with Crippen LogP contribution in [-0.2, 0) is 0 Å². The molecule has 2 N–H and O–H groups in total. The zero-order valence-corrected chi connectivity index (χ0v) is 8.43. The van der Waals surface area contributed by atoms with E-state index in [1.807, 2.05) is 11.2 Å². The van der Waals surface area contributed by atoms with Crippen LogP contribution in [0.15, 0.2) is 0 Å². The lowest BCUT2D eigenvalue weighted by atomic mass is 10.1. The maximum absolute atomic E-state index is 8.83. The lowest BCUT2D eigenvalue weighted by Crippen LogP contribution is -2.44. The third-order valence-corrected chi connectivity index (χ3v) is 2.67. The molecule has 1 aliphatic rings. The highest BCUT2D eigenvalue weighted by molar-refractivity contribution is 7.77. The molecule has 1 atom stereocenters. The van der Waals surface area contributed by atoms with Gasteiger partial charge in [-0.1, -0.05) is 12.8 Å². The van der Waals surface area contributed by atoms with Crippen molar-refractivity contribution in [2.45, 2.75) is 31.8 Å². The first-order valence-electron chi connectivity index (χ1n) is 4.53. The van der Waals surface area contributed by atoms with E-state index < -0.39 is 0 Å². The molecular formula is C8H18N2OS. The molecule has 0 aliphatic carbocycles. The number of piperidine rings is 1. The molecule has 1 fully saturated rings. The first-order chi connectivity index (χ1) is 5.72. The molecule has 0 aromatic heterocycles. The molecule has 3 nitrogen and oxygen atoms in total. The van der Waals surface area contributed by atoms with Crippen LogP contribution in [0, 0.1) is 0 Å². The average Bonchev–Trinajstić information content (AvgIpc) is 2.09.